The number of benzene rings is 2. The Morgan fingerprint density at radius 3 is 2.71 bits per heavy atom. The van der Waals surface area contributed by atoms with E-state index in [4.69, 9.17) is 16.0 Å². The van der Waals surface area contributed by atoms with Gasteiger partial charge >= 0.3 is 0 Å². The van der Waals surface area contributed by atoms with Crippen LogP contribution in [0.4, 0.5) is 10.8 Å². The second-order valence-electron chi connectivity index (χ2n) is 5.71. The minimum atomic E-state index is -0.370. The predicted molar refractivity (Wildman–Crippen MR) is 118 cm³/mol. The van der Waals surface area contributed by atoms with E-state index in [0.717, 1.165) is 8.27 Å². The zero-order chi connectivity index (χ0) is 19.7. The van der Waals surface area contributed by atoms with E-state index in [0.29, 0.717) is 26.9 Å². The van der Waals surface area contributed by atoms with Crippen molar-refractivity contribution in [2.45, 2.75) is 0 Å². The fourth-order valence-corrected chi connectivity index (χ4v) is 4.09. The number of aromatic nitrogens is 1. The molecule has 0 fully saturated rings. The first-order chi connectivity index (χ1) is 13.5. The molecule has 0 bridgehead atoms. The number of halogens is 2. The van der Waals surface area contributed by atoms with Crippen molar-refractivity contribution in [2.24, 2.45) is 0 Å². The Morgan fingerprint density at radius 1 is 1.07 bits per heavy atom. The smallest absolute Gasteiger partial charge is 0.293 e. The topological polar surface area (TPSA) is 84.2 Å². The molecule has 9 heteroatoms. The second kappa shape index (κ2) is 7.90. The largest absolute Gasteiger partial charge is 0.459 e. The second-order valence-corrected chi connectivity index (χ2v) is 8.39. The molecule has 2 amide bonds. The molecule has 0 saturated heterocycles. The molecule has 4 aromatic rings. The highest BCUT2D eigenvalue weighted by Crippen LogP contribution is 2.29. The Kier molecular flexibility index (Phi) is 5.33. The van der Waals surface area contributed by atoms with Gasteiger partial charge in [0.1, 0.15) is 0 Å². The first-order valence-electron chi connectivity index (χ1n) is 8.01. The number of carbonyl (C=O) groups is 2. The number of rotatable bonds is 4. The van der Waals surface area contributed by atoms with Gasteiger partial charge in [-0.15, -0.1) is 0 Å². The van der Waals surface area contributed by atoms with Gasteiger partial charge in [-0.2, -0.15) is 0 Å². The molecular formula is C19H11ClIN3O3S. The van der Waals surface area contributed by atoms with Crippen molar-refractivity contribution in [2.75, 3.05) is 10.6 Å². The molecule has 6 nitrogen and oxygen atoms in total. The van der Waals surface area contributed by atoms with Crippen molar-refractivity contribution in [3.05, 3.63) is 74.7 Å². The van der Waals surface area contributed by atoms with Crippen LogP contribution in [-0.2, 0) is 0 Å². The summed E-state index contributed by atoms with van der Waals surface area (Å²) in [7, 11) is 0. The van der Waals surface area contributed by atoms with Crippen molar-refractivity contribution >= 4 is 78.4 Å². The standard InChI is InChI=1S/C19H11ClIN3O3S/c20-13-5-3-10(21)8-12(13)17(25)22-11-4-6-14-16(9-11)28-19(23-14)24-18(26)15-2-1-7-27-15/h1-9H,(H,22,25)(H,23,24,26). The molecule has 0 radical (unpaired) electrons. The maximum absolute atomic E-state index is 12.5. The molecule has 2 N–H and O–H groups in total. The molecule has 0 atom stereocenters. The van der Waals surface area contributed by atoms with Crippen molar-refractivity contribution in [3.8, 4) is 0 Å². The summed E-state index contributed by atoms with van der Waals surface area (Å²) in [5, 5.41) is 6.38. The molecule has 0 unspecified atom stereocenters. The maximum atomic E-state index is 12.5. The Morgan fingerprint density at radius 2 is 1.93 bits per heavy atom. The zero-order valence-electron chi connectivity index (χ0n) is 14.0. The van der Waals surface area contributed by atoms with Gasteiger partial charge in [-0.1, -0.05) is 22.9 Å². The quantitative estimate of drug-likeness (QED) is 0.339. The van der Waals surface area contributed by atoms with Crippen molar-refractivity contribution in [1.29, 1.82) is 0 Å². The van der Waals surface area contributed by atoms with Crippen molar-refractivity contribution < 1.29 is 14.0 Å². The molecule has 140 valence electrons. The van der Waals surface area contributed by atoms with Crippen molar-refractivity contribution in [3.63, 3.8) is 0 Å². The van der Waals surface area contributed by atoms with E-state index in [2.05, 4.69) is 38.2 Å². The number of anilines is 2. The molecular weight excluding hydrogens is 513 g/mol. The summed E-state index contributed by atoms with van der Waals surface area (Å²) in [6.07, 6.45) is 1.43. The number of carbonyl (C=O) groups excluding carboxylic acids is 2. The van der Waals surface area contributed by atoms with Crippen LogP contribution >= 0.6 is 45.5 Å². The van der Waals surface area contributed by atoms with Gasteiger partial charge in [-0.25, -0.2) is 4.98 Å². The van der Waals surface area contributed by atoms with Crippen LogP contribution in [0.1, 0.15) is 20.9 Å². The van der Waals surface area contributed by atoms with Gasteiger partial charge in [0.05, 0.1) is 27.1 Å². The van der Waals surface area contributed by atoms with Gasteiger partial charge in [0, 0.05) is 9.26 Å². The monoisotopic (exact) mass is 523 g/mol. The number of amides is 2. The predicted octanol–water partition coefficient (Wildman–Crippen LogP) is 5.65. The van der Waals surface area contributed by atoms with Gasteiger partial charge in [0.25, 0.3) is 11.8 Å². The minimum absolute atomic E-state index is 0.210. The van der Waals surface area contributed by atoms with Crippen LogP contribution in [-0.4, -0.2) is 16.8 Å². The zero-order valence-corrected chi connectivity index (χ0v) is 17.8. The molecule has 2 heterocycles. The van der Waals surface area contributed by atoms with Gasteiger partial charge in [-0.3, -0.25) is 14.9 Å². The SMILES string of the molecule is O=C(Nc1nc2ccc(NC(=O)c3cc(I)ccc3Cl)cc2s1)c1ccco1. The lowest BCUT2D eigenvalue weighted by Gasteiger charge is -2.07. The molecule has 4 rings (SSSR count). The van der Waals surface area contributed by atoms with E-state index in [1.807, 2.05) is 6.07 Å². The average Bonchev–Trinajstić information content (AvgIpc) is 3.32. The molecule has 28 heavy (non-hydrogen) atoms. The highest BCUT2D eigenvalue weighted by Gasteiger charge is 2.14. The Balaban J connectivity index is 1.54. The number of hydrogen-bond acceptors (Lipinski definition) is 5. The van der Waals surface area contributed by atoms with Crippen LogP contribution in [0.3, 0.4) is 0 Å². The van der Waals surface area contributed by atoms with Crippen LogP contribution in [0, 0.1) is 3.57 Å². The summed E-state index contributed by atoms with van der Waals surface area (Å²) in [5.41, 5.74) is 1.73. The Labute approximate surface area is 182 Å². The fraction of sp³-hybridized carbons (Fsp3) is 0. The first-order valence-corrected chi connectivity index (χ1v) is 10.3. The maximum Gasteiger partial charge on any atom is 0.293 e. The lowest BCUT2D eigenvalue weighted by atomic mass is 10.2. The molecule has 0 aliphatic heterocycles. The Hall–Kier alpha value is -2.43. The third kappa shape index (κ3) is 4.03. The van der Waals surface area contributed by atoms with Gasteiger partial charge in [0.2, 0.25) is 0 Å². The van der Waals surface area contributed by atoms with E-state index < -0.39 is 0 Å². The Bertz CT molecular complexity index is 1190. The number of hydrogen-bond donors (Lipinski definition) is 2. The number of nitrogens with zero attached hydrogens (tertiary/aromatic N) is 1. The third-order valence-electron chi connectivity index (χ3n) is 3.78. The van der Waals surface area contributed by atoms with Crippen LogP contribution in [0.2, 0.25) is 5.02 Å². The lowest BCUT2D eigenvalue weighted by molar-refractivity contribution is 0.0994. The first kappa shape index (κ1) is 18.9. The molecule has 0 aliphatic rings. The lowest BCUT2D eigenvalue weighted by Crippen LogP contribution is -2.12. The number of thiazole rings is 1. The highest BCUT2D eigenvalue weighted by molar-refractivity contribution is 14.1. The van der Waals surface area contributed by atoms with Gasteiger partial charge in [0.15, 0.2) is 10.9 Å². The summed E-state index contributed by atoms with van der Waals surface area (Å²) >= 11 is 9.56. The summed E-state index contributed by atoms with van der Waals surface area (Å²) in [4.78, 5) is 29.0. The number of fused-ring (bicyclic) bond motifs is 1. The van der Waals surface area contributed by atoms with E-state index in [-0.39, 0.29) is 17.6 Å². The van der Waals surface area contributed by atoms with Gasteiger partial charge < -0.3 is 9.73 Å². The van der Waals surface area contributed by atoms with E-state index >= 15 is 0 Å². The summed E-state index contributed by atoms with van der Waals surface area (Å²) in [6, 6.07) is 13.8. The normalized spacial score (nSPS) is 10.8. The van der Waals surface area contributed by atoms with Crippen LogP contribution in [0.15, 0.2) is 59.2 Å². The fourth-order valence-electron chi connectivity index (χ4n) is 2.49. The molecule has 0 saturated carbocycles. The highest BCUT2D eigenvalue weighted by atomic mass is 127. The van der Waals surface area contributed by atoms with Crippen LogP contribution in [0.5, 0.6) is 0 Å². The minimum Gasteiger partial charge on any atom is -0.459 e. The van der Waals surface area contributed by atoms with Crippen LogP contribution in [0.25, 0.3) is 10.2 Å². The van der Waals surface area contributed by atoms with E-state index in [1.165, 1.54) is 17.6 Å². The van der Waals surface area contributed by atoms with Crippen molar-refractivity contribution in [1.82, 2.24) is 4.98 Å². The summed E-state index contributed by atoms with van der Waals surface area (Å²) in [5.74, 6) is -0.453. The molecule has 0 aliphatic carbocycles. The molecule has 0 spiro atoms. The summed E-state index contributed by atoms with van der Waals surface area (Å²) < 4.78 is 6.81. The third-order valence-corrected chi connectivity index (χ3v) is 5.72. The van der Waals surface area contributed by atoms with E-state index in [9.17, 15) is 9.59 Å². The van der Waals surface area contributed by atoms with Gasteiger partial charge in [-0.05, 0) is 71.1 Å². The van der Waals surface area contributed by atoms with Crippen LogP contribution < -0.4 is 10.6 Å². The number of nitrogens with one attached hydrogen (secondary N) is 2. The molecule has 2 aromatic carbocycles. The molecule has 2 aromatic heterocycles. The number of furan rings is 1. The average molecular weight is 524 g/mol. The van der Waals surface area contributed by atoms with E-state index in [1.54, 1.807) is 42.5 Å². The summed E-state index contributed by atoms with van der Waals surface area (Å²) in [6.45, 7) is 0.